The zero-order valence-electron chi connectivity index (χ0n) is 17.8. The molecule has 0 aliphatic carbocycles. The van der Waals surface area contributed by atoms with Gasteiger partial charge in [-0.25, -0.2) is 13.6 Å². The van der Waals surface area contributed by atoms with Gasteiger partial charge in [0.25, 0.3) is 0 Å². The quantitative estimate of drug-likeness (QED) is 0.547. The average Bonchev–Trinajstić information content (AvgIpc) is 2.73. The SMILES string of the molecule is CCNC(=NCCc1ccc(S(N)(=O)=O)cc1)N1CCC(c2ccccc2)C(C)C1. The van der Waals surface area contributed by atoms with Crippen LogP contribution in [0.25, 0.3) is 0 Å². The molecule has 30 heavy (non-hydrogen) atoms. The Bertz CT molecular complexity index is 943. The Morgan fingerprint density at radius 3 is 2.47 bits per heavy atom. The Balaban J connectivity index is 1.61. The van der Waals surface area contributed by atoms with E-state index in [1.54, 1.807) is 24.3 Å². The van der Waals surface area contributed by atoms with Gasteiger partial charge in [-0.05, 0) is 54.9 Å². The molecule has 3 N–H and O–H groups in total. The minimum Gasteiger partial charge on any atom is -0.357 e. The molecule has 2 unspecified atom stereocenters. The number of nitrogens with zero attached hydrogens (tertiary/aromatic N) is 2. The summed E-state index contributed by atoms with van der Waals surface area (Å²) in [6.45, 7) is 7.84. The van der Waals surface area contributed by atoms with Crippen LogP contribution in [0.1, 0.15) is 37.3 Å². The molecule has 1 heterocycles. The summed E-state index contributed by atoms with van der Waals surface area (Å²) in [6.07, 6.45) is 1.86. The van der Waals surface area contributed by atoms with E-state index in [1.807, 2.05) is 0 Å². The van der Waals surface area contributed by atoms with Crippen LogP contribution in [0.15, 0.2) is 64.5 Å². The summed E-state index contributed by atoms with van der Waals surface area (Å²) in [4.78, 5) is 7.32. The highest BCUT2D eigenvalue weighted by molar-refractivity contribution is 7.89. The summed E-state index contributed by atoms with van der Waals surface area (Å²) in [7, 11) is -3.65. The summed E-state index contributed by atoms with van der Waals surface area (Å²) < 4.78 is 22.8. The predicted molar refractivity (Wildman–Crippen MR) is 122 cm³/mol. The fourth-order valence-corrected chi connectivity index (χ4v) is 4.61. The lowest BCUT2D eigenvalue weighted by Gasteiger charge is -2.39. The van der Waals surface area contributed by atoms with Crippen molar-refractivity contribution in [3.8, 4) is 0 Å². The van der Waals surface area contributed by atoms with Crippen LogP contribution in [0.3, 0.4) is 0 Å². The van der Waals surface area contributed by atoms with Crippen molar-refractivity contribution >= 4 is 16.0 Å². The lowest BCUT2D eigenvalue weighted by atomic mass is 9.82. The van der Waals surface area contributed by atoms with Gasteiger partial charge in [-0.3, -0.25) is 4.99 Å². The monoisotopic (exact) mass is 428 g/mol. The van der Waals surface area contributed by atoms with Crippen molar-refractivity contribution in [1.82, 2.24) is 10.2 Å². The molecule has 162 valence electrons. The molecule has 0 spiro atoms. The number of rotatable bonds is 6. The third kappa shape index (κ3) is 5.83. The molecule has 0 amide bonds. The number of hydrogen-bond donors (Lipinski definition) is 2. The van der Waals surface area contributed by atoms with Gasteiger partial charge in [0.15, 0.2) is 5.96 Å². The highest BCUT2D eigenvalue weighted by Crippen LogP contribution is 2.32. The fourth-order valence-electron chi connectivity index (χ4n) is 4.10. The van der Waals surface area contributed by atoms with Crippen molar-refractivity contribution in [1.29, 1.82) is 0 Å². The van der Waals surface area contributed by atoms with Crippen molar-refractivity contribution in [2.45, 2.75) is 37.5 Å². The van der Waals surface area contributed by atoms with E-state index in [-0.39, 0.29) is 4.90 Å². The first-order chi connectivity index (χ1) is 14.4. The number of guanidine groups is 1. The highest BCUT2D eigenvalue weighted by Gasteiger charge is 2.28. The lowest BCUT2D eigenvalue weighted by molar-refractivity contribution is 0.234. The standard InChI is InChI=1S/C23H32N4O2S/c1-3-25-23(26-15-13-19-9-11-21(12-10-19)30(24,28)29)27-16-14-22(18(2)17-27)20-7-5-4-6-8-20/h4-12,18,22H,3,13-17H2,1-2H3,(H,25,26)(H2,24,28,29). The first kappa shape index (κ1) is 22.3. The third-order valence-electron chi connectivity index (χ3n) is 5.68. The van der Waals surface area contributed by atoms with Crippen molar-refractivity contribution in [2.24, 2.45) is 16.0 Å². The van der Waals surface area contributed by atoms with Crippen LogP contribution in [0.5, 0.6) is 0 Å². The van der Waals surface area contributed by atoms with E-state index in [1.165, 1.54) is 5.56 Å². The maximum Gasteiger partial charge on any atom is 0.238 e. The molecule has 2 aromatic carbocycles. The van der Waals surface area contributed by atoms with Gasteiger partial charge in [-0.1, -0.05) is 49.4 Å². The first-order valence-electron chi connectivity index (χ1n) is 10.6. The van der Waals surface area contributed by atoms with Crippen molar-refractivity contribution in [3.63, 3.8) is 0 Å². The second-order valence-corrected chi connectivity index (χ2v) is 9.47. The topological polar surface area (TPSA) is 87.8 Å². The molecule has 3 rings (SSSR count). The molecule has 1 aliphatic heterocycles. The Morgan fingerprint density at radius 2 is 1.87 bits per heavy atom. The van der Waals surface area contributed by atoms with E-state index in [0.29, 0.717) is 18.4 Å². The fraction of sp³-hybridized carbons (Fsp3) is 0.435. The second-order valence-electron chi connectivity index (χ2n) is 7.90. The zero-order valence-corrected chi connectivity index (χ0v) is 18.6. The molecule has 1 saturated heterocycles. The number of aliphatic imine (C=N–C) groups is 1. The summed E-state index contributed by atoms with van der Waals surface area (Å²) >= 11 is 0. The number of nitrogens with two attached hydrogens (primary N) is 1. The normalized spacial score (nSPS) is 20.2. The van der Waals surface area contributed by atoms with Gasteiger partial charge in [-0.2, -0.15) is 0 Å². The summed E-state index contributed by atoms with van der Waals surface area (Å²) in [5.41, 5.74) is 2.47. The van der Waals surface area contributed by atoms with Crippen LogP contribution < -0.4 is 10.5 Å². The molecule has 2 atom stereocenters. The van der Waals surface area contributed by atoms with E-state index in [9.17, 15) is 8.42 Å². The Kier molecular flexibility index (Phi) is 7.50. The molecule has 0 bridgehead atoms. The van der Waals surface area contributed by atoms with Crippen molar-refractivity contribution < 1.29 is 8.42 Å². The highest BCUT2D eigenvalue weighted by atomic mass is 32.2. The average molecular weight is 429 g/mol. The van der Waals surface area contributed by atoms with Crippen LogP contribution in [0, 0.1) is 5.92 Å². The number of benzene rings is 2. The van der Waals surface area contributed by atoms with Gasteiger partial charge in [0, 0.05) is 26.2 Å². The molecule has 7 heteroatoms. The number of primary sulfonamides is 1. The molecule has 0 radical (unpaired) electrons. The number of likely N-dealkylation sites (tertiary alicyclic amines) is 1. The minimum atomic E-state index is -3.65. The minimum absolute atomic E-state index is 0.137. The smallest absolute Gasteiger partial charge is 0.238 e. The molecule has 1 fully saturated rings. The summed E-state index contributed by atoms with van der Waals surface area (Å²) in [6, 6.07) is 17.5. The largest absolute Gasteiger partial charge is 0.357 e. The Hall–Kier alpha value is -2.38. The van der Waals surface area contributed by atoms with Gasteiger partial charge in [0.2, 0.25) is 10.0 Å². The number of piperidine rings is 1. The van der Waals surface area contributed by atoms with Crippen LogP contribution >= 0.6 is 0 Å². The second kappa shape index (κ2) is 10.1. The molecule has 6 nitrogen and oxygen atoms in total. The summed E-state index contributed by atoms with van der Waals surface area (Å²) in [5.74, 6) is 2.09. The number of sulfonamides is 1. The molecule has 1 aliphatic rings. The van der Waals surface area contributed by atoms with E-state index in [2.05, 4.69) is 54.4 Å². The molecule has 0 aromatic heterocycles. The first-order valence-corrected chi connectivity index (χ1v) is 12.1. The maximum absolute atomic E-state index is 11.4. The van der Waals surface area contributed by atoms with Gasteiger partial charge < -0.3 is 10.2 Å². The van der Waals surface area contributed by atoms with E-state index in [4.69, 9.17) is 10.1 Å². The predicted octanol–water partition coefficient (Wildman–Crippen LogP) is 2.97. The van der Waals surface area contributed by atoms with Crippen LogP contribution in [-0.4, -0.2) is 45.5 Å². The Labute approximate surface area is 180 Å². The zero-order chi connectivity index (χ0) is 21.6. The maximum atomic E-state index is 11.4. The van der Waals surface area contributed by atoms with Crippen LogP contribution in [-0.2, 0) is 16.4 Å². The third-order valence-corrected chi connectivity index (χ3v) is 6.61. The van der Waals surface area contributed by atoms with Gasteiger partial charge in [0.05, 0.1) is 4.90 Å². The lowest BCUT2D eigenvalue weighted by Crippen LogP contribution is -2.48. The van der Waals surface area contributed by atoms with Crippen molar-refractivity contribution in [2.75, 3.05) is 26.2 Å². The van der Waals surface area contributed by atoms with Gasteiger partial charge >= 0.3 is 0 Å². The summed E-state index contributed by atoms with van der Waals surface area (Å²) in [5, 5.41) is 8.58. The van der Waals surface area contributed by atoms with E-state index in [0.717, 1.165) is 44.0 Å². The molecular formula is C23H32N4O2S. The van der Waals surface area contributed by atoms with Gasteiger partial charge in [0.1, 0.15) is 0 Å². The molecular weight excluding hydrogens is 396 g/mol. The Morgan fingerprint density at radius 1 is 1.17 bits per heavy atom. The number of nitrogens with one attached hydrogen (secondary N) is 1. The van der Waals surface area contributed by atoms with E-state index < -0.39 is 10.0 Å². The van der Waals surface area contributed by atoms with Crippen LogP contribution in [0.2, 0.25) is 0 Å². The molecule has 0 saturated carbocycles. The van der Waals surface area contributed by atoms with Crippen molar-refractivity contribution in [3.05, 3.63) is 65.7 Å². The molecule has 2 aromatic rings. The van der Waals surface area contributed by atoms with Gasteiger partial charge in [-0.15, -0.1) is 0 Å². The van der Waals surface area contributed by atoms with E-state index >= 15 is 0 Å². The number of hydrogen-bond acceptors (Lipinski definition) is 3. The van der Waals surface area contributed by atoms with Crippen LogP contribution in [0.4, 0.5) is 0 Å².